The van der Waals surface area contributed by atoms with Crippen LogP contribution in [0, 0.1) is 5.92 Å². The van der Waals surface area contributed by atoms with Crippen molar-refractivity contribution in [3.8, 4) is 0 Å². The molecular weight excluding hydrogens is 226 g/mol. The molecule has 1 atom stereocenters. The quantitative estimate of drug-likeness (QED) is 0.549. The van der Waals surface area contributed by atoms with E-state index in [0.717, 1.165) is 6.42 Å². The molecule has 0 radical (unpaired) electrons. The topological polar surface area (TPSA) is 98.7 Å². The molecule has 7 nitrogen and oxygen atoms in total. The maximum Gasteiger partial charge on any atom is 0.307 e. The van der Waals surface area contributed by atoms with Crippen LogP contribution in [0.5, 0.6) is 0 Å². The minimum absolute atomic E-state index is 0.101. The zero-order valence-electron chi connectivity index (χ0n) is 9.73. The lowest BCUT2D eigenvalue weighted by molar-refractivity contribution is -0.144. The van der Waals surface area contributed by atoms with Crippen molar-refractivity contribution in [1.82, 2.24) is 15.8 Å². The Hall–Kier alpha value is -1.63. The van der Waals surface area contributed by atoms with Gasteiger partial charge in [0.2, 0.25) is 5.91 Å². The molecule has 96 valence electrons. The van der Waals surface area contributed by atoms with Gasteiger partial charge in [-0.05, 0) is 19.4 Å². The molecule has 0 spiro atoms. The molecule has 0 aromatic carbocycles. The fourth-order valence-corrected chi connectivity index (χ4v) is 1.80. The smallest absolute Gasteiger partial charge is 0.307 e. The van der Waals surface area contributed by atoms with Crippen LogP contribution >= 0.6 is 0 Å². The third kappa shape index (κ3) is 4.81. The summed E-state index contributed by atoms with van der Waals surface area (Å²) in [6.45, 7) is 2.48. The number of hydrogen-bond donors (Lipinski definition) is 3. The van der Waals surface area contributed by atoms with Crippen LogP contribution in [-0.2, 0) is 14.4 Å². The van der Waals surface area contributed by atoms with Gasteiger partial charge in [-0.1, -0.05) is 0 Å². The number of amides is 2. The summed E-state index contributed by atoms with van der Waals surface area (Å²) < 4.78 is 0. The van der Waals surface area contributed by atoms with E-state index in [0.29, 0.717) is 19.5 Å². The number of nitrogens with one attached hydrogen (secondary N) is 2. The summed E-state index contributed by atoms with van der Waals surface area (Å²) in [4.78, 5) is 34.5. The molecule has 0 aliphatic carbocycles. The van der Waals surface area contributed by atoms with E-state index in [1.807, 2.05) is 0 Å². The van der Waals surface area contributed by atoms with Gasteiger partial charge in [0, 0.05) is 13.5 Å². The molecule has 0 aromatic heterocycles. The van der Waals surface area contributed by atoms with Gasteiger partial charge in [0.25, 0.3) is 5.91 Å². The van der Waals surface area contributed by atoms with Crippen molar-refractivity contribution < 1.29 is 19.5 Å². The number of likely N-dealkylation sites (tertiary alicyclic amines) is 1. The predicted molar refractivity (Wildman–Crippen MR) is 58.8 cm³/mol. The van der Waals surface area contributed by atoms with E-state index in [9.17, 15) is 14.4 Å². The Balaban J connectivity index is 2.33. The van der Waals surface area contributed by atoms with Crippen LogP contribution < -0.4 is 10.9 Å². The van der Waals surface area contributed by atoms with Crippen LogP contribution in [0.2, 0.25) is 0 Å². The minimum Gasteiger partial charge on any atom is -0.481 e. The molecule has 17 heavy (non-hydrogen) atoms. The van der Waals surface area contributed by atoms with Gasteiger partial charge in [0.1, 0.15) is 0 Å². The van der Waals surface area contributed by atoms with Crippen molar-refractivity contribution in [2.75, 3.05) is 19.6 Å². The number of carboxylic acid groups (broad SMARTS) is 1. The number of carboxylic acids is 1. The molecule has 1 saturated heterocycles. The lowest BCUT2D eigenvalue weighted by Gasteiger charge is -2.29. The number of nitrogens with zero attached hydrogens (tertiary/aromatic N) is 1. The molecule has 7 heteroatoms. The van der Waals surface area contributed by atoms with Crippen molar-refractivity contribution in [3.05, 3.63) is 0 Å². The Morgan fingerprint density at radius 2 is 2.06 bits per heavy atom. The number of hydrogen-bond acceptors (Lipinski definition) is 4. The normalized spacial score (nSPS) is 20.6. The van der Waals surface area contributed by atoms with Gasteiger partial charge in [-0.15, -0.1) is 0 Å². The molecule has 1 unspecified atom stereocenters. The van der Waals surface area contributed by atoms with E-state index in [2.05, 4.69) is 10.9 Å². The fraction of sp³-hybridized carbons (Fsp3) is 0.700. The zero-order chi connectivity index (χ0) is 12.8. The molecule has 1 heterocycles. The van der Waals surface area contributed by atoms with E-state index >= 15 is 0 Å². The highest BCUT2D eigenvalue weighted by molar-refractivity contribution is 5.82. The van der Waals surface area contributed by atoms with E-state index in [-0.39, 0.29) is 18.4 Å². The van der Waals surface area contributed by atoms with Crippen LogP contribution in [0.3, 0.4) is 0 Å². The van der Waals surface area contributed by atoms with Crippen LogP contribution in [0.4, 0.5) is 0 Å². The summed E-state index contributed by atoms with van der Waals surface area (Å²) >= 11 is 0. The first-order valence-electron chi connectivity index (χ1n) is 5.49. The summed E-state index contributed by atoms with van der Waals surface area (Å²) in [6.07, 6.45) is 1.42. The van der Waals surface area contributed by atoms with Gasteiger partial charge in [-0.25, -0.2) is 0 Å². The first kappa shape index (κ1) is 13.4. The highest BCUT2D eigenvalue weighted by atomic mass is 16.4. The predicted octanol–water partition coefficient (Wildman–Crippen LogP) is -1.05. The van der Waals surface area contributed by atoms with Crippen LogP contribution in [-0.4, -0.2) is 47.4 Å². The first-order valence-corrected chi connectivity index (χ1v) is 5.49. The van der Waals surface area contributed by atoms with E-state index in [1.165, 1.54) is 6.92 Å². The number of carbonyl (C=O) groups excluding carboxylic acids is 2. The monoisotopic (exact) mass is 243 g/mol. The second-order valence-electron chi connectivity index (χ2n) is 4.14. The second kappa shape index (κ2) is 6.19. The van der Waals surface area contributed by atoms with E-state index < -0.39 is 11.9 Å². The molecule has 1 fully saturated rings. The molecule has 2 amide bonds. The Morgan fingerprint density at radius 3 is 2.65 bits per heavy atom. The molecular formula is C10H17N3O4. The van der Waals surface area contributed by atoms with Gasteiger partial charge < -0.3 is 5.11 Å². The summed E-state index contributed by atoms with van der Waals surface area (Å²) in [5.41, 5.74) is 4.43. The van der Waals surface area contributed by atoms with Gasteiger partial charge in [0.15, 0.2) is 0 Å². The van der Waals surface area contributed by atoms with E-state index in [1.54, 1.807) is 4.90 Å². The number of piperidine rings is 1. The summed E-state index contributed by atoms with van der Waals surface area (Å²) in [7, 11) is 0. The molecule has 1 aliphatic rings. The van der Waals surface area contributed by atoms with Crippen molar-refractivity contribution in [2.45, 2.75) is 19.8 Å². The van der Waals surface area contributed by atoms with Crippen molar-refractivity contribution in [3.63, 3.8) is 0 Å². The summed E-state index contributed by atoms with van der Waals surface area (Å²) in [5, 5.41) is 8.88. The van der Waals surface area contributed by atoms with Gasteiger partial charge in [-0.3, -0.25) is 30.1 Å². The minimum atomic E-state index is -0.822. The summed E-state index contributed by atoms with van der Waals surface area (Å²) in [6, 6.07) is 0. The largest absolute Gasteiger partial charge is 0.481 e. The Labute approximate surface area is 99.1 Å². The molecule has 3 N–H and O–H groups in total. The molecule has 1 aliphatic heterocycles. The number of rotatable bonds is 3. The van der Waals surface area contributed by atoms with Crippen molar-refractivity contribution in [1.29, 1.82) is 0 Å². The molecule has 0 aromatic rings. The third-order valence-corrected chi connectivity index (χ3v) is 2.60. The number of aliphatic carboxylic acids is 1. The molecule has 1 rings (SSSR count). The Kier molecular flexibility index (Phi) is 4.89. The van der Waals surface area contributed by atoms with Crippen molar-refractivity contribution in [2.24, 2.45) is 5.92 Å². The van der Waals surface area contributed by atoms with Gasteiger partial charge in [0.05, 0.1) is 12.5 Å². The number of carbonyl (C=O) groups is 3. The Morgan fingerprint density at radius 1 is 1.35 bits per heavy atom. The second-order valence-corrected chi connectivity index (χ2v) is 4.14. The first-order chi connectivity index (χ1) is 7.99. The average Bonchev–Trinajstić information content (AvgIpc) is 2.26. The molecule has 0 saturated carbocycles. The zero-order valence-corrected chi connectivity index (χ0v) is 9.73. The number of hydrazine groups is 1. The maximum absolute atomic E-state index is 11.4. The highest BCUT2D eigenvalue weighted by Crippen LogP contribution is 2.15. The van der Waals surface area contributed by atoms with Crippen molar-refractivity contribution >= 4 is 17.8 Å². The lowest BCUT2D eigenvalue weighted by atomic mass is 9.98. The summed E-state index contributed by atoms with van der Waals surface area (Å²) in [5.74, 6) is -1.92. The highest BCUT2D eigenvalue weighted by Gasteiger charge is 2.26. The van der Waals surface area contributed by atoms with Crippen LogP contribution in [0.1, 0.15) is 19.8 Å². The van der Waals surface area contributed by atoms with Gasteiger partial charge >= 0.3 is 5.97 Å². The maximum atomic E-state index is 11.4. The van der Waals surface area contributed by atoms with Crippen LogP contribution in [0.25, 0.3) is 0 Å². The van der Waals surface area contributed by atoms with E-state index in [4.69, 9.17) is 5.11 Å². The third-order valence-electron chi connectivity index (χ3n) is 2.60. The molecule has 0 bridgehead atoms. The lowest BCUT2D eigenvalue weighted by Crippen LogP contribution is -2.48. The van der Waals surface area contributed by atoms with Gasteiger partial charge in [-0.2, -0.15) is 0 Å². The standard InChI is InChI=1S/C10H17N3O4/c1-7(14)11-12-9(15)6-13-4-2-3-8(5-13)10(16)17/h8H,2-6H2,1H3,(H,11,14)(H,12,15)(H,16,17). The van der Waals surface area contributed by atoms with Crippen LogP contribution in [0.15, 0.2) is 0 Å². The average molecular weight is 243 g/mol. The fourth-order valence-electron chi connectivity index (χ4n) is 1.80. The Bertz CT molecular complexity index is 319. The SMILES string of the molecule is CC(=O)NNC(=O)CN1CCCC(C(=O)O)C1.